The molecule has 1 aromatic heterocycles. The highest BCUT2D eigenvalue weighted by Crippen LogP contribution is 2.28. The largest absolute Gasteiger partial charge is 0.478 e. The normalized spacial score (nSPS) is 10.7. The minimum absolute atomic E-state index is 0.338. The van der Waals surface area contributed by atoms with Gasteiger partial charge in [-0.1, -0.05) is 36.4 Å². The quantitative estimate of drug-likeness (QED) is 0.752. The number of benzene rings is 2. The average Bonchev–Trinajstić information content (AvgIpc) is 3.06. The summed E-state index contributed by atoms with van der Waals surface area (Å²) in [6.45, 7) is 2.00. The summed E-state index contributed by atoms with van der Waals surface area (Å²) in [5.41, 5.74) is 5.34. The number of rotatable bonds is 5. The number of aromatic nitrogens is 2. The van der Waals surface area contributed by atoms with Gasteiger partial charge < -0.3 is 10.1 Å². The standard InChI is InChI=1S/C19H18N2O2/c1-13-4-2-3-5-16(13)18-10-14(7-9-17(18)19(22)23)6-8-15-11-20-12-21-15/h2-5,7,9-12H,6,8H2,1H3,(H,20,21)(H,22,23). The lowest BCUT2D eigenvalue weighted by atomic mass is 9.93. The Morgan fingerprint density at radius 2 is 1.96 bits per heavy atom. The van der Waals surface area contributed by atoms with Crippen molar-refractivity contribution < 1.29 is 9.90 Å². The molecule has 0 radical (unpaired) electrons. The highest BCUT2D eigenvalue weighted by molar-refractivity contribution is 5.96. The number of aromatic carboxylic acids is 1. The monoisotopic (exact) mass is 306 g/mol. The van der Waals surface area contributed by atoms with Crippen molar-refractivity contribution >= 4 is 5.97 Å². The molecule has 0 saturated heterocycles. The predicted octanol–water partition coefficient (Wildman–Crippen LogP) is 3.87. The molecule has 2 N–H and O–H groups in total. The van der Waals surface area contributed by atoms with Gasteiger partial charge in [0.05, 0.1) is 11.9 Å². The molecule has 0 saturated carbocycles. The second kappa shape index (κ2) is 6.48. The van der Waals surface area contributed by atoms with Crippen LogP contribution in [0, 0.1) is 6.92 Å². The maximum Gasteiger partial charge on any atom is 0.336 e. The van der Waals surface area contributed by atoms with Gasteiger partial charge in [-0.05, 0) is 48.1 Å². The van der Waals surface area contributed by atoms with Crippen LogP contribution in [0.15, 0.2) is 55.0 Å². The molecule has 116 valence electrons. The third-order valence-corrected chi connectivity index (χ3v) is 3.99. The minimum atomic E-state index is -0.900. The number of carboxylic acid groups (broad SMARTS) is 1. The van der Waals surface area contributed by atoms with Gasteiger partial charge in [-0.3, -0.25) is 0 Å². The molecule has 0 spiro atoms. The molecular weight excluding hydrogens is 288 g/mol. The van der Waals surface area contributed by atoms with Gasteiger partial charge >= 0.3 is 5.97 Å². The summed E-state index contributed by atoms with van der Waals surface area (Å²) < 4.78 is 0. The molecule has 1 heterocycles. The second-order valence-corrected chi connectivity index (χ2v) is 5.58. The topological polar surface area (TPSA) is 66.0 Å². The Hall–Kier alpha value is -2.88. The Kier molecular flexibility index (Phi) is 4.24. The summed E-state index contributed by atoms with van der Waals surface area (Å²) in [6.07, 6.45) is 5.16. The maximum atomic E-state index is 11.5. The van der Waals surface area contributed by atoms with Crippen LogP contribution in [0.25, 0.3) is 11.1 Å². The zero-order chi connectivity index (χ0) is 16.2. The van der Waals surface area contributed by atoms with Gasteiger partial charge in [0.15, 0.2) is 0 Å². The van der Waals surface area contributed by atoms with Crippen LogP contribution in [0.1, 0.15) is 27.2 Å². The first kappa shape index (κ1) is 15.0. The van der Waals surface area contributed by atoms with Crippen molar-refractivity contribution in [3.8, 4) is 11.1 Å². The van der Waals surface area contributed by atoms with Crippen molar-refractivity contribution in [1.29, 1.82) is 0 Å². The number of carboxylic acids is 1. The van der Waals surface area contributed by atoms with E-state index in [0.717, 1.165) is 40.8 Å². The highest BCUT2D eigenvalue weighted by Gasteiger charge is 2.14. The number of imidazole rings is 1. The number of nitrogens with one attached hydrogen (secondary N) is 1. The SMILES string of the molecule is Cc1ccccc1-c1cc(CCc2cnc[nH]2)ccc1C(=O)O. The summed E-state index contributed by atoms with van der Waals surface area (Å²) in [4.78, 5) is 18.7. The molecule has 0 bridgehead atoms. The number of nitrogens with zero attached hydrogens (tertiary/aromatic N) is 1. The van der Waals surface area contributed by atoms with E-state index >= 15 is 0 Å². The van der Waals surface area contributed by atoms with Gasteiger partial charge in [-0.2, -0.15) is 0 Å². The zero-order valence-electron chi connectivity index (χ0n) is 12.9. The Morgan fingerprint density at radius 1 is 1.13 bits per heavy atom. The molecule has 23 heavy (non-hydrogen) atoms. The Labute approximate surface area is 134 Å². The molecule has 0 aliphatic carbocycles. The number of hydrogen-bond donors (Lipinski definition) is 2. The van der Waals surface area contributed by atoms with Crippen molar-refractivity contribution in [3.63, 3.8) is 0 Å². The summed E-state index contributed by atoms with van der Waals surface area (Å²) in [7, 11) is 0. The molecule has 0 amide bonds. The van der Waals surface area contributed by atoms with Crippen molar-refractivity contribution in [1.82, 2.24) is 9.97 Å². The lowest BCUT2D eigenvalue weighted by Gasteiger charge is -2.11. The molecule has 4 nitrogen and oxygen atoms in total. The van der Waals surface area contributed by atoms with Crippen LogP contribution >= 0.6 is 0 Å². The van der Waals surface area contributed by atoms with Gasteiger partial charge in [-0.15, -0.1) is 0 Å². The molecule has 0 aliphatic heterocycles. The lowest BCUT2D eigenvalue weighted by Crippen LogP contribution is -2.02. The Morgan fingerprint density at radius 3 is 2.65 bits per heavy atom. The van der Waals surface area contributed by atoms with E-state index in [9.17, 15) is 9.90 Å². The van der Waals surface area contributed by atoms with E-state index in [0.29, 0.717) is 5.56 Å². The molecule has 0 atom stereocenters. The number of hydrogen-bond acceptors (Lipinski definition) is 2. The van der Waals surface area contributed by atoms with Crippen molar-refractivity contribution in [2.45, 2.75) is 19.8 Å². The van der Waals surface area contributed by atoms with E-state index in [1.807, 2.05) is 49.5 Å². The van der Waals surface area contributed by atoms with Crippen LogP contribution in [0.2, 0.25) is 0 Å². The molecule has 0 fully saturated rings. The van der Waals surface area contributed by atoms with Crippen LogP contribution in [0.5, 0.6) is 0 Å². The number of H-pyrrole nitrogens is 1. The van der Waals surface area contributed by atoms with Gasteiger partial charge in [0.2, 0.25) is 0 Å². The van der Waals surface area contributed by atoms with Crippen LogP contribution in [-0.4, -0.2) is 21.0 Å². The number of aryl methyl sites for hydroxylation is 3. The Bertz CT molecular complexity index is 823. The molecular formula is C19H18N2O2. The van der Waals surface area contributed by atoms with Crippen LogP contribution in [0.4, 0.5) is 0 Å². The summed E-state index contributed by atoms with van der Waals surface area (Å²) in [5.74, 6) is -0.900. The van der Waals surface area contributed by atoms with E-state index in [1.165, 1.54) is 0 Å². The molecule has 0 unspecified atom stereocenters. The highest BCUT2D eigenvalue weighted by atomic mass is 16.4. The van der Waals surface area contributed by atoms with Gasteiger partial charge in [-0.25, -0.2) is 9.78 Å². The summed E-state index contributed by atoms with van der Waals surface area (Å²) >= 11 is 0. The fraction of sp³-hybridized carbons (Fsp3) is 0.158. The molecule has 4 heteroatoms. The molecule has 3 rings (SSSR count). The summed E-state index contributed by atoms with van der Waals surface area (Å²) in [5, 5.41) is 9.48. The van der Waals surface area contributed by atoms with Crippen LogP contribution in [-0.2, 0) is 12.8 Å². The van der Waals surface area contributed by atoms with Crippen LogP contribution < -0.4 is 0 Å². The van der Waals surface area contributed by atoms with Crippen LogP contribution in [0.3, 0.4) is 0 Å². The number of aromatic amines is 1. The van der Waals surface area contributed by atoms with E-state index in [-0.39, 0.29) is 0 Å². The average molecular weight is 306 g/mol. The minimum Gasteiger partial charge on any atom is -0.478 e. The first-order chi connectivity index (χ1) is 11.1. The van der Waals surface area contributed by atoms with Crippen molar-refractivity contribution in [2.75, 3.05) is 0 Å². The van der Waals surface area contributed by atoms with Crippen molar-refractivity contribution in [2.24, 2.45) is 0 Å². The fourth-order valence-electron chi connectivity index (χ4n) is 2.73. The van der Waals surface area contributed by atoms with Crippen molar-refractivity contribution in [3.05, 3.63) is 77.4 Å². The summed E-state index contributed by atoms with van der Waals surface area (Å²) in [6, 6.07) is 13.4. The van der Waals surface area contributed by atoms with Gasteiger partial charge in [0.25, 0.3) is 0 Å². The fourth-order valence-corrected chi connectivity index (χ4v) is 2.73. The van der Waals surface area contributed by atoms with Gasteiger partial charge in [0, 0.05) is 11.9 Å². The lowest BCUT2D eigenvalue weighted by molar-refractivity contribution is 0.0697. The zero-order valence-corrected chi connectivity index (χ0v) is 12.9. The third kappa shape index (κ3) is 3.31. The van der Waals surface area contributed by atoms with E-state index in [1.54, 1.807) is 12.4 Å². The first-order valence-electron chi connectivity index (χ1n) is 7.54. The Balaban J connectivity index is 1.97. The smallest absolute Gasteiger partial charge is 0.336 e. The molecule has 3 aromatic rings. The first-order valence-corrected chi connectivity index (χ1v) is 7.54. The maximum absolute atomic E-state index is 11.5. The molecule has 2 aromatic carbocycles. The van der Waals surface area contributed by atoms with E-state index < -0.39 is 5.97 Å². The van der Waals surface area contributed by atoms with Gasteiger partial charge in [0.1, 0.15) is 0 Å². The second-order valence-electron chi connectivity index (χ2n) is 5.58. The predicted molar refractivity (Wildman–Crippen MR) is 89.6 cm³/mol. The molecule has 0 aliphatic rings. The van der Waals surface area contributed by atoms with E-state index in [2.05, 4.69) is 9.97 Å². The van der Waals surface area contributed by atoms with E-state index in [4.69, 9.17) is 0 Å². The third-order valence-electron chi connectivity index (χ3n) is 3.99. The number of carbonyl (C=O) groups is 1.